The third kappa shape index (κ3) is 7.83. The van der Waals surface area contributed by atoms with Gasteiger partial charge in [-0.25, -0.2) is 4.79 Å². The molecule has 2 heterocycles. The van der Waals surface area contributed by atoms with E-state index in [1.807, 2.05) is 48.2 Å². The number of amides is 3. The quantitative estimate of drug-likeness (QED) is 0.546. The summed E-state index contributed by atoms with van der Waals surface area (Å²) in [5.41, 5.74) is 2.97. The lowest BCUT2D eigenvalue weighted by Crippen LogP contribution is -2.39. The van der Waals surface area contributed by atoms with Crippen LogP contribution in [0.2, 0.25) is 5.02 Å². The molecule has 3 rings (SSSR count). The van der Waals surface area contributed by atoms with E-state index in [-0.39, 0.29) is 11.9 Å². The highest BCUT2D eigenvalue weighted by molar-refractivity contribution is 6.30. The van der Waals surface area contributed by atoms with Crippen LogP contribution in [-0.2, 0) is 17.8 Å². The SMILES string of the molecule is Cc1ncccc1CC(=O)N1CCC(CCCCNC(=O)NCc2ccc(Cl)cc2)CC1. The Morgan fingerprint density at radius 3 is 2.56 bits per heavy atom. The molecular weight excluding hydrogens is 424 g/mol. The Hall–Kier alpha value is -2.60. The number of pyridine rings is 1. The number of carbonyl (C=O) groups excluding carboxylic acids is 2. The van der Waals surface area contributed by atoms with E-state index >= 15 is 0 Å². The van der Waals surface area contributed by atoms with Crippen molar-refractivity contribution in [2.24, 2.45) is 5.92 Å². The molecule has 1 aliphatic rings. The number of unbranched alkanes of at least 4 members (excludes halogenated alkanes) is 1. The highest BCUT2D eigenvalue weighted by atomic mass is 35.5. The van der Waals surface area contributed by atoms with Crippen LogP contribution < -0.4 is 10.6 Å². The van der Waals surface area contributed by atoms with Crippen LogP contribution in [0.15, 0.2) is 42.6 Å². The van der Waals surface area contributed by atoms with E-state index in [9.17, 15) is 9.59 Å². The minimum atomic E-state index is -0.143. The molecule has 0 spiro atoms. The Morgan fingerprint density at radius 2 is 1.84 bits per heavy atom. The molecule has 7 heteroatoms. The van der Waals surface area contributed by atoms with Crippen LogP contribution in [0, 0.1) is 12.8 Å². The molecule has 0 unspecified atom stereocenters. The average molecular weight is 457 g/mol. The number of hydrogen-bond acceptors (Lipinski definition) is 3. The fraction of sp³-hybridized carbons (Fsp3) is 0.480. The first-order valence-corrected chi connectivity index (χ1v) is 11.8. The van der Waals surface area contributed by atoms with Gasteiger partial charge in [0.25, 0.3) is 0 Å². The zero-order valence-electron chi connectivity index (χ0n) is 18.8. The number of carbonyl (C=O) groups is 2. The van der Waals surface area contributed by atoms with Crippen molar-refractivity contribution < 1.29 is 9.59 Å². The van der Waals surface area contributed by atoms with Crippen LogP contribution in [0.25, 0.3) is 0 Å². The summed E-state index contributed by atoms with van der Waals surface area (Å²) in [5.74, 6) is 0.867. The summed E-state index contributed by atoms with van der Waals surface area (Å²) in [4.78, 5) is 30.8. The van der Waals surface area contributed by atoms with Gasteiger partial charge in [-0.05, 0) is 61.4 Å². The van der Waals surface area contributed by atoms with E-state index in [1.54, 1.807) is 6.20 Å². The Bertz CT molecular complexity index is 880. The first-order chi connectivity index (χ1) is 15.5. The largest absolute Gasteiger partial charge is 0.342 e. The van der Waals surface area contributed by atoms with E-state index in [0.717, 1.165) is 62.0 Å². The number of benzene rings is 1. The third-order valence-corrected chi connectivity index (χ3v) is 6.37. The number of piperidine rings is 1. The van der Waals surface area contributed by atoms with Gasteiger partial charge in [0, 0.05) is 43.1 Å². The van der Waals surface area contributed by atoms with Crippen molar-refractivity contribution in [3.63, 3.8) is 0 Å². The lowest BCUT2D eigenvalue weighted by atomic mass is 9.91. The number of likely N-dealkylation sites (tertiary alicyclic amines) is 1. The van der Waals surface area contributed by atoms with Crippen LogP contribution in [0.4, 0.5) is 4.79 Å². The lowest BCUT2D eigenvalue weighted by Gasteiger charge is -2.32. The number of urea groups is 1. The highest BCUT2D eigenvalue weighted by Crippen LogP contribution is 2.23. The molecule has 3 amide bonds. The van der Waals surface area contributed by atoms with Crippen molar-refractivity contribution in [1.29, 1.82) is 0 Å². The van der Waals surface area contributed by atoms with Crippen LogP contribution in [0.1, 0.15) is 48.9 Å². The van der Waals surface area contributed by atoms with Crippen LogP contribution in [0.5, 0.6) is 0 Å². The van der Waals surface area contributed by atoms with Gasteiger partial charge in [0.05, 0.1) is 6.42 Å². The Morgan fingerprint density at radius 1 is 1.09 bits per heavy atom. The lowest BCUT2D eigenvalue weighted by molar-refractivity contribution is -0.131. The van der Waals surface area contributed by atoms with Gasteiger partial charge in [0.1, 0.15) is 0 Å². The van der Waals surface area contributed by atoms with Crippen LogP contribution in [0.3, 0.4) is 0 Å². The second kappa shape index (κ2) is 12.4. The summed E-state index contributed by atoms with van der Waals surface area (Å²) >= 11 is 5.87. The maximum atomic E-state index is 12.6. The first-order valence-electron chi connectivity index (χ1n) is 11.5. The fourth-order valence-corrected chi connectivity index (χ4v) is 4.18. The topological polar surface area (TPSA) is 74.3 Å². The first kappa shape index (κ1) is 24.1. The Kier molecular flexibility index (Phi) is 9.35. The molecule has 172 valence electrons. The number of halogens is 1. The van der Waals surface area contributed by atoms with Gasteiger partial charge in [0.2, 0.25) is 5.91 Å². The predicted molar refractivity (Wildman–Crippen MR) is 128 cm³/mol. The fourth-order valence-electron chi connectivity index (χ4n) is 4.06. The van der Waals surface area contributed by atoms with E-state index in [4.69, 9.17) is 11.6 Å². The molecule has 1 saturated heterocycles. The van der Waals surface area contributed by atoms with Crippen LogP contribution in [-0.4, -0.2) is 41.5 Å². The molecule has 0 radical (unpaired) electrons. The van der Waals surface area contributed by atoms with E-state index < -0.39 is 0 Å². The maximum absolute atomic E-state index is 12.6. The zero-order valence-corrected chi connectivity index (χ0v) is 19.5. The average Bonchev–Trinajstić information content (AvgIpc) is 2.80. The molecule has 2 N–H and O–H groups in total. The number of aryl methyl sites for hydroxylation is 1. The van der Waals surface area contributed by atoms with Crippen molar-refractivity contribution in [3.8, 4) is 0 Å². The summed E-state index contributed by atoms with van der Waals surface area (Å²) in [6, 6.07) is 11.2. The second-order valence-corrected chi connectivity index (χ2v) is 8.92. The van der Waals surface area contributed by atoms with Crippen molar-refractivity contribution in [2.75, 3.05) is 19.6 Å². The molecule has 1 aromatic heterocycles. The Labute approximate surface area is 195 Å². The third-order valence-electron chi connectivity index (χ3n) is 6.12. The molecule has 0 atom stereocenters. The number of nitrogens with zero attached hydrogens (tertiary/aromatic N) is 2. The Balaban J connectivity index is 1.24. The van der Waals surface area contributed by atoms with E-state index in [2.05, 4.69) is 15.6 Å². The predicted octanol–water partition coefficient (Wildman–Crippen LogP) is 4.49. The summed E-state index contributed by atoms with van der Waals surface area (Å²) < 4.78 is 0. The molecule has 1 aromatic carbocycles. The smallest absolute Gasteiger partial charge is 0.315 e. The van der Waals surface area contributed by atoms with Gasteiger partial charge in [-0.1, -0.05) is 42.6 Å². The molecule has 0 bridgehead atoms. The summed E-state index contributed by atoms with van der Waals surface area (Å²) in [6.07, 6.45) is 7.53. The van der Waals surface area contributed by atoms with Gasteiger partial charge in [-0.3, -0.25) is 9.78 Å². The molecule has 0 saturated carbocycles. The van der Waals surface area contributed by atoms with Gasteiger partial charge in [-0.2, -0.15) is 0 Å². The number of rotatable bonds is 9. The monoisotopic (exact) mass is 456 g/mol. The molecule has 1 fully saturated rings. The van der Waals surface area contributed by atoms with E-state index in [0.29, 0.717) is 30.5 Å². The normalized spacial score (nSPS) is 14.2. The summed E-state index contributed by atoms with van der Waals surface area (Å²) in [6.45, 7) is 4.80. The molecule has 6 nitrogen and oxygen atoms in total. The van der Waals surface area contributed by atoms with Gasteiger partial charge >= 0.3 is 6.03 Å². The van der Waals surface area contributed by atoms with E-state index in [1.165, 1.54) is 0 Å². The minimum absolute atomic E-state index is 0.143. The number of aromatic nitrogens is 1. The second-order valence-electron chi connectivity index (χ2n) is 8.48. The highest BCUT2D eigenvalue weighted by Gasteiger charge is 2.22. The van der Waals surface area contributed by atoms with Gasteiger partial charge < -0.3 is 15.5 Å². The van der Waals surface area contributed by atoms with Gasteiger partial charge in [0.15, 0.2) is 0 Å². The minimum Gasteiger partial charge on any atom is -0.342 e. The molecule has 32 heavy (non-hydrogen) atoms. The van der Waals surface area contributed by atoms with Crippen molar-refractivity contribution in [3.05, 3.63) is 64.4 Å². The zero-order chi connectivity index (χ0) is 22.8. The summed E-state index contributed by atoms with van der Waals surface area (Å²) in [5, 5.41) is 6.47. The summed E-state index contributed by atoms with van der Waals surface area (Å²) in [7, 11) is 0. The van der Waals surface area contributed by atoms with Crippen molar-refractivity contribution in [1.82, 2.24) is 20.5 Å². The standard InChI is InChI=1S/C25H33ClN4O2/c1-19-22(6-4-14-27-19)17-24(31)30-15-11-20(12-16-30)5-2-3-13-28-25(32)29-18-21-7-9-23(26)10-8-21/h4,6-10,14,20H,2-3,5,11-13,15-18H2,1H3,(H2,28,29,32). The molecule has 0 aliphatic carbocycles. The van der Waals surface area contributed by atoms with Crippen LogP contribution >= 0.6 is 11.6 Å². The number of hydrogen-bond donors (Lipinski definition) is 2. The molecule has 1 aliphatic heterocycles. The molecular formula is C25H33ClN4O2. The van der Waals surface area contributed by atoms with Gasteiger partial charge in [-0.15, -0.1) is 0 Å². The number of nitrogens with one attached hydrogen (secondary N) is 2. The maximum Gasteiger partial charge on any atom is 0.315 e. The van der Waals surface area contributed by atoms with Crippen molar-refractivity contribution in [2.45, 2.75) is 52.0 Å². The molecule has 2 aromatic rings. The van der Waals surface area contributed by atoms with Crippen molar-refractivity contribution >= 4 is 23.5 Å².